The fourth-order valence-corrected chi connectivity index (χ4v) is 2.18. The molecule has 0 atom stereocenters. The predicted molar refractivity (Wildman–Crippen MR) is 69.4 cm³/mol. The number of nitrogens with zero attached hydrogens (tertiary/aromatic N) is 1. The van der Waals surface area contributed by atoms with E-state index < -0.39 is 5.97 Å². The van der Waals surface area contributed by atoms with Crippen LogP contribution in [0.2, 0.25) is 0 Å². The van der Waals surface area contributed by atoms with E-state index in [0.29, 0.717) is 11.1 Å². The minimum atomic E-state index is -0.946. The van der Waals surface area contributed by atoms with Gasteiger partial charge in [0.15, 0.2) is 6.29 Å². The lowest BCUT2D eigenvalue weighted by molar-refractivity contribution is 0.0696. The molecule has 2 rings (SSSR count). The third kappa shape index (κ3) is 1.79. The Labute approximate surface area is 105 Å². The number of fused-ring (bicyclic) bond motifs is 1. The van der Waals surface area contributed by atoms with E-state index in [-0.39, 0.29) is 11.6 Å². The van der Waals surface area contributed by atoms with Crippen molar-refractivity contribution in [2.75, 3.05) is 0 Å². The topological polar surface area (TPSA) is 59.3 Å². The van der Waals surface area contributed by atoms with Gasteiger partial charge in [0.05, 0.1) is 5.56 Å². The number of hydrogen-bond acceptors (Lipinski definition) is 2. The molecule has 1 N–H and O–H groups in total. The molecule has 1 aromatic heterocycles. The Bertz CT molecular complexity index is 638. The van der Waals surface area contributed by atoms with Crippen molar-refractivity contribution < 1.29 is 14.7 Å². The number of aryl methyl sites for hydroxylation is 1. The van der Waals surface area contributed by atoms with Crippen LogP contribution in [0.1, 0.15) is 46.2 Å². The number of carboxylic acids is 1. The molecular weight excluding hydrogens is 230 g/mol. The van der Waals surface area contributed by atoms with Gasteiger partial charge in [-0.15, -0.1) is 0 Å². The highest BCUT2D eigenvalue weighted by Crippen LogP contribution is 2.27. The van der Waals surface area contributed by atoms with E-state index >= 15 is 0 Å². The Kier molecular flexibility index (Phi) is 2.95. The Morgan fingerprint density at radius 1 is 1.39 bits per heavy atom. The summed E-state index contributed by atoms with van der Waals surface area (Å²) < 4.78 is 1.92. The van der Waals surface area contributed by atoms with Gasteiger partial charge in [0.25, 0.3) is 0 Å². The monoisotopic (exact) mass is 245 g/mol. The first-order valence-corrected chi connectivity index (χ1v) is 5.79. The fraction of sp³-hybridized carbons (Fsp3) is 0.286. The molecule has 0 fully saturated rings. The highest BCUT2D eigenvalue weighted by Gasteiger charge is 2.15. The first-order chi connectivity index (χ1) is 8.45. The average molecular weight is 245 g/mol. The summed E-state index contributed by atoms with van der Waals surface area (Å²) in [6.45, 7) is 5.73. The van der Waals surface area contributed by atoms with E-state index in [1.54, 1.807) is 25.3 Å². The maximum absolute atomic E-state index is 11.1. The summed E-state index contributed by atoms with van der Waals surface area (Å²) >= 11 is 0. The maximum atomic E-state index is 11.1. The van der Waals surface area contributed by atoms with Crippen LogP contribution in [0.3, 0.4) is 0 Å². The smallest absolute Gasteiger partial charge is 0.336 e. The zero-order chi connectivity index (χ0) is 13.4. The molecule has 4 nitrogen and oxygen atoms in total. The number of carbonyl (C=O) groups excluding carboxylic acids is 1. The van der Waals surface area contributed by atoms with Crippen LogP contribution in [-0.2, 0) is 0 Å². The molecule has 0 unspecified atom stereocenters. The molecule has 4 heteroatoms. The van der Waals surface area contributed by atoms with Crippen molar-refractivity contribution in [1.82, 2.24) is 4.57 Å². The number of hydrogen-bond donors (Lipinski definition) is 1. The second-order valence-corrected chi connectivity index (χ2v) is 4.69. The van der Waals surface area contributed by atoms with Crippen molar-refractivity contribution >= 4 is 23.2 Å². The predicted octanol–water partition coefficient (Wildman–Crippen LogP) is 3.04. The van der Waals surface area contributed by atoms with Gasteiger partial charge in [0.2, 0.25) is 0 Å². The van der Waals surface area contributed by atoms with E-state index in [1.807, 2.05) is 18.4 Å². The molecular formula is C14H15NO3. The van der Waals surface area contributed by atoms with Gasteiger partial charge in [0, 0.05) is 28.7 Å². The molecule has 18 heavy (non-hydrogen) atoms. The van der Waals surface area contributed by atoms with Crippen molar-refractivity contribution in [3.8, 4) is 0 Å². The van der Waals surface area contributed by atoms with Gasteiger partial charge in [-0.05, 0) is 38.5 Å². The molecule has 0 spiro atoms. The molecule has 1 aromatic carbocycles. The van der Waals surface area contributed by atoms with Gasteiger partial charge < -0.3 is 9.67 Å². The molecule has 0 saturated carbocycles. The van der Waals surface area contributed by atoms with E-state index in [4.69, 9.17) is 5.11 Å². The lowest BCUT2D eigenvalue weighted by Crippen LogP contribution is -2.02. The van der Waals surface area contributed by atoms with Crippen LogP contribution in [0.25, 0.3) is 10.9 Å². The van der Waals surface area contributed by atoms with Crippen LogP contribution < -0.4 is 0 Å². The summed E-state index contributed by atoms with van der Waals surface area (Å²) in [5.74, 6) is -0.946. The molecule has 1 heterocycles. The van der Waals surface area contributed by atoms with Crippen molar-refractivity contribution in [2.24, 2.45) is 0 Å². The summed E-state index contributed by atoms with van der Waals surface area (Å²) in [7, 11) is 0. The largest absolute Gasteiger partial charge is 0.478 e. The van der Waals surface area contributed by atoms with E-state index in [1.165, 1.54) is 0 Å². The minimum Gasteiger partial charge on any atom is -0.478 e. The minimum absolute atomic E-state index is 0.172. The van der Waals surface area contributed by atoms with E-state index in [9.17, 15) is 9.59 Å². The van der Waals surface area contributed by atoms with Crippen LogP contribution in [0.15, 0.2) is 18.3 Å². The van der Waals surface area contributed by atoms with Gasteiger partial charge in [-0.25, -0.2) is 4.79 Å². The van der Waals surface area contributed by atoms with Crippen molar-refractivity contribution in [3.63, 3.8) is 0 Å². The van der Waals surface area contributed by atoms with Crippen LogP contribution in [-0.4, -0.2) is 21.9 Å². The third-order valence-corrected chi connectivity index (χ3v) is 3.12. The second-order valence-electron chi connectivity index (χ2n) is 4.69. The zero-order valence-corrected chi connectivity index (χ0v) is 10.6. The van der Waals surface area contributed by atoms with E-state index in [0.717, 1.165) is 17.2 Å². The Morgan fingerprint density at radius 3 is 2.56 bits per heavy atom. The summed E-state index contributed by atoms with van der Waals surface area (Å²) in [5, 5.41) is 9.95. The highest BCUT2D eigenvalue weighted by molar-refractivity contribution is 6.02. The Hall–Kier alpha value is -2.10. The molecule has 0 aliphatic rings. The lowest BCUT2D eigenvalue weighted by atomic mass is 10.0. The van der Waals surface area contributed by atoms with Gasteiger partial charge >= 0.3 is 5.97 Å². The number of carboxylic acid groups (broad SMARTS) is 1. The Balaban J connectivity index is 2.85. The van der Waals surface area contributed by atoms with E-state index in [2.05, 4.69) is 0 Å². The Morgan fingerprint density at radius 2 is 2.06 bits per heavy atom. The number of benzene rings is 1. The van der Waals surface area contributed by atoms with Gasteiger partial charge in [-0.1, -0.05) is 0 Å². The number of rotatable bonds is 3. The number of aromatic nitrogens is 1. The third-order valence-electron chi connectivity index (χ3n) is 3.12. The van der Waals surface area contributed by atoms with Crippen molar-refractivity contribution in [2.45, 2.75) is 26.8 Å². The maximum Gasteiger partial charge on any atom is 0.336 e. The molecule has 0 aliphatic carbocycles. The van der Waals surface area contributed by atoms with Crippen LogP contribution in [0.5, 0.6) is 0 Å². The summed E-state index contributed by atoms with van der Waals surface area (Å²) in [6, 6.07) is 3.58. The van der Waals surface area contributed by atoms with Gasteiger partial charge in [-0.2, -0.15) is 0 Å². The normalized spacial score (nSPS) is 11.1. The highest BCUT2D eigenvalue weighted by atomic mass is 16.4. The SMILES string of the molecule is Cc1cc2c(C=O)cn(C(C)C)c2cc1C(=O)O. The van der Waals surface area contributed by atoms with Gasteiger partial charge in [-0.3, -0.25) is 4.79 Å². The number of aldehydes is 1. The second kappa shape index (κ2) is 4.29. The quantitative estimate of drug-likeness (QED) is 0.845. The molecule has 0 aliphatic heterocycles. The molecule has 0 amide bonds. The standard InChI is InChI=1S/C14H15NO3/c1-8(2)15-6-10(7-16)12-4-9(3)11(14(17)18)5-13(12)15/h4-8H,1-3H3,(H,17,18). The number of carbonyl (C=O) groups is 2. The first-order valence-electron chi connectivity index (χ1n) is 5.79. The van der Waals surface area contributed by atoms with Crippen LogP contribution in [0.4, 0.5) is 0 Å². The molecule has 0 radical (unpaired) electrons. The summed E-state index contributed by atoms with van der Waals surface area (Å²) in [5.41, 5.74) is 2.33. The molecule has 94 valence electrons. The first kappa shape index (κ1) is 12.4. The summed E-state index contributed by atoms with van der Waals surface area (Å²) in [6.07, 6.45) is 2.58. The average Bonchev–Trinajstić information content (AvgIpc) is 2.65. The molecule has 2 aromatic rings. The fourth-order valence-electron chi connectivity index (χ4n) is 2.18. The lowest BCUT2D eigenvalue weighted by Gasteiger charge is -2.10. The van der Waals surface area contributed by atoms with Crippen LogP contribution in [0, 0.1) is 6.92 Å². The van der Waals surface area contributed by atoms with Crippen molar-refractivity contribution in [1.29, 1.82) is 0 Å². The van der Waals surface area contributed by atoms with Crippen LogP contribution >= 0.6 is 0 Å². The van der Waals surface area contributed by atoms with Crippen molar-refractivity contribution in [3.05, 3.63) is 35.0 Å². The number of aromatic carboxylic acids is 1. The molecule has 0 saturated heterocycles. The zero-order valence-electron chi connectivity index (χ0n) is 10.6. The molecule has 0 bridgehead atoms. The van der Waals surface area contributed by atoms with Gasteiger partial charge in [0.1, 0.15) is 0 Å². The summed E-state index contributed by atoms with van der Waals surface area (Å²) in [4.78, 5) is 22.2.